The van der Waals surface area contributed by atoms with Gasteiger partial charge in [0.2, 0.25) is 12.6 Å². The molecule has 1 saturated carbocycles. The van der Waals surface area contributed by atoms with Gasteiger partial charge in [-0.25, -0.2) is 9.89 Å². The van der Waals surface area contributed by atoms with E-state index in [-0.39, 0.29) is 23.9 Å². The van der Waals surface area contributed by atoms with Crippen molar-refractivity contribution in [1.82, 2.24) is 20.5 Å². The number of ether oxygens (including phenoxy) is 2. The first-order valence-corrected chi connectivity index (χ1v) is 8.49. The molecule has 132 valence electrons. The number of nitrogens with zero attached hydrogens (tertiary/aromatic N) is 1. The molecule has 1 aromatic carbocycles. The maximum atomic E-state index is 12.3. The predicted octanol–water partition coefficient (Wildman–Crippen LogP) is 1.46. The molecular formula is C17H20N4O4. The summed E-state index contributed by atoms with van der Waals surface area (Å²) >= 11 is 0. The average molecular weight is 344 g/mol. The Morgan fingerprint density at radius 3 is 2.76 bits per heavy atom. The number of rotatable bonds is 4. The van der Waals surface area contributed by atoms with E-state index in [4.69, 9.17) is 9.47 Å². The number of carbonyl (C=O) groups excluding carboxylic acids is 1. The number of aromatic nitrogens is 3. The molecule has 3 N–H and O–H groups in total. The van der Waals surface area contributed by atoms with Crippen LogP contribution < -0.4 is 20.5 Å². The normalized spacial score (nSPS) is 18.1. The second kappa shape index (κ2) is 6.27. The minimum atomic E-state index is -0.492. The van der Waals surface area contributed by atoms with E-state index in [1.54, 1.807) is 0 Å². The van der Waals surface area contributed by atoms with Gasteiger partial charge in [0, 0.05) is 12.0 Å². The second-order valence-electron chi connectivity index (χ2n) is 6.62. The molecule has 0 bridgehead atoms. The monoisotopic (exact) mass is 344 g/mol. The lowest BCUT2D eigenvalue weighted by Gasteiger charge is -2.38. The van der Waals surface area contributed by atoms with E-state index in [2.05, 4.69) is 26.6 Å². The van der Waals surface area contributed by atoms with Crippen molar-refractivity contribution in [3.8, 4) is 11.5 Å². The van der Waals surface area contributed by atoms with E-state index < -0.39 is 5.69 Å². The Hall–Kier alpha value is -2.77. The van der Waals surface area contributed by atoms with Gasteiger partial charge in [0.25, 0.3) is 5.91 Å². The topological polar surface area (TPSA) is 109 Å². The van der Waals surface area contributed by atoms with Crippen molar-refractivity contribution in [1.29, 1.82) is 0 Å². The highest BCUT2D eigenvalue weighted by Gasteiger charge is 2.35. The minimum absolute atomic E-state index is 0.00152. The quantitative estimate of drug-likeness (QED) is 0.778. The lowest BCUT2D eigenvalue weighted by molar-refractivity contribution is 0.0926. The Bertz CT molecular complexity index is 835. The Morgan fingerprint density at radius 2 is 2.00 bits per heavy atom. The predicted molar refractivity (Wildman–Crippen MR) is 88.9 cm³/mol. The first-order chi connectivity index (χ1) is 12.2. The van der Waals surface area contributed by atoms with Crippen LogP contribution >= 0.6 is 0 Å². The summed E-state index contributed by atoms with van der Waals surface area (Å²) in [6.07, 6.45) is 5.41. The van der Waals surface area contributed by atoms with E-state index in [9.17, 15) is 9.59 Å². The maximum Gasteiger partial charge on any atom is 0.341 e. The fourth-order valence-electron chi connectivity index (χ4n) is 3.73. The van der Waals surface area contributed by atoms with Gasteiger partial charge in [-0.05, 0) is 30.5 Å². The van der Waals surface area contributed by atoms with Crippen LogP contribution in [0.4, 0.5) is 0 Å². The summed E-state index contributed by atoms with van der Waals surface area (Å²) in [7, 11) is 0. The van der Waals surface area contributed by atoms with Gasteiger partial charge in [0.05, 0.1) is 0 Å². The van der Waals surface area contributed by atoms with Crippen LogP contribution in [0, 0.1) is 0 Å². The third kappa shape index (κ3) is 2.99. The smallest absolute Gasteiger partial charge is 0.341 e. The lowest BCUT2D eigenvalue weighted by atomic mass is 9.69. The van der Waals surface area contributed by atoms with Gasteiger partial charge < -0.3 is 14.8 Å². The summed E-state index contributed by atoms with van der Waals surface area (Å²) in [5.74, 6) is 1.13. The Balaban J connectivity index is 1.57. The van der Waals surface area contributed by atoms with Crippen molar-refractivity contribution >= 4 is 5.91 Å². The Kier molecular flexibility index (Phi) is 3.95. The standard InChI is InChI=1S/C17H20N4O4/c22-15(14-19-16(23)21-20-14)18-9-17(6-2-1-3-7-17)11-4-5-12-13(8-11)25-10-24-12/h4-5,8H,1-3,6-7,9-10H2,(H,18,22)(H2,19,20,21,23). The third-order valence-corrected chi connectivity index (χ3v) is 5.10. The molecule has 1 aliphatic carbocycles. The van der Waals surface area contributed by atoms with Crippen molar-refractivity contribution in [3.63, 3.8) is 0 Å². The number of fused-ring (bicyclic) bond motifs is 1. The van der Waals surface area contributed by atoms with Crippen LogP contribution in [0.25, 0.3) is 0 Å². The van der Waals surface area contributed by atoms with Crippen molar-refractivity contribution < 1.29 is 14.3 Å². The second-order valence-corrected chi connectivity index (χ2v) is 6.62. The number of aromatic amines is 2. The average Bonchev–Trinajstić information content (AvgIpc) is 3.28. The molecule has 0 radical (unpaired) electrons. The zero-order valence-corrected chi connectivity index (χ0v) is 13.8. The Labute approximate surface area is 143 Å². The van der Waals surface area contributed by atoms with E-state index >= 15 is 0 Å². The third-order valence-electron chi connectivity index (χ3n) is 5.10. The van der Waals surface area contributed by atoms with Crippen LogP contribution in [0.15, 0.2) is 23.0 Å². The molecule has 1 fully saturated rings. The number of benzene rings is 1. The zero-order valence-electron chi connectivity index (χ0n) is 13.8. The molecule has 0 spiro atoms. The number of carbonyl (C=O) groups is 1. The summed E-state index contributed by atoms with van der Waals surface area (Å²) in [4.78, 5) is 25.7. The molecule has 1 aromatic heterocycles. The van der Waals surface area contributed by atoms with Crippen LogP contribution in [-0.4, -0.2) is 34.4 Å². The zero-order chi connectivity index (χ0) is 17.3. The van der Waals surface area contributed by atoms with Gasteiger partial charge in [-0.2, -0.15) is 0 Å². The fourth-order valence-corrected chi connectivity index (χ4v) is 3.73. The van der Waals surface area contributed by atoms with Crippen LogP contribution in [0.2, 0.25) is 0 Å². The van der Waals surface area contributed by atoms with Gasteiger partial charge in [0.15, 0.2) is 11.5 Å². The summed E-state index contributed by atoms with van der Waals surface area (Å²) in [5, 5.41) is 8.81. The molecule has 4 rings (SSSR count). The SMILES string of the molecule is O=C(NCC1(c2ccc3c(c2)OCO3)CCCCC1)c1n[nH]c(=O)[nH]1. The lowest BCUT2D eigenvalue weighted by Crippen LogP contribution is -2.42. The molecule has 0 atom stereocenters. The molecule has 0 saturated heterocycles. The molecule has 1 amide bonds. The van der Waals surface area contributed by atoms with E-state index in [1.165, 1.54) is 6.42 Å². The molecule has 25 heavy (non-hydrogen) atoms. The van der Waals surface area contributed by atoms with E-state index in [0.29, 0.717) is 6.54 Å². The first-order valence-electron chi connectivity index (χ1n) is 8.49. The maximum absolute atomic E-state index is 12.3. The minimum Gasteiger partial charge on any atom is -0.454 e. The molecule has 2 heterocycles. The largest absolute Gasteiger partial charge is 0.454 e. The summed E-state index contributed by atoms with van der Waals surface area (Å²) < 4.78 is 10.9. The number of hydrogen-bond acceptors (Lipinski definition) is 5. The molecule has 2 aromatic rings. The van der Waals surface area contributed by atoms with Gasteiger partial charge >= 0.3 is 5.69 Å². The van der Waals surface area contributed by atoms with Crippen molar-refractivity contribution in [3.05, 3.63) is 40.1 Å². The summed E-state index contributed by atoms with van der Waals surface area (Å²) in [6.45, 7) is 0.732. The van der Waals surface area contributed by atoms with Crippen LogP contribution in [0.3, 0.4) is 0 Å². The van der Waals surface area contributed by atoms with E-state index in [1.807, 2.05) is 12.1 Å². The van der Waals surface area contributed by atoms with Crippen molar-refractivity contribution in [2.75, 3.05) is 13.3 Å². The van der Waals surface area contributed by atoms with Gasteiger partial charge in [-0.3, -0.25) is 9.78 Å². The van der Waals surface area contributed by atoms with Crippen molar-refractivity contribution in [2.45, 2.75) is 37.5 Å². The summed E-state index contributed by atoms with van der Waals surface area (Å²) in [5.41, 5.74) is 0.506. The van der Waals surface area contributed by atoms with Gasteiger partial charge in [-0.15, -0.1) is 5.10 Å². The molecule has 2 aliphatic rings. The molecular weight excluding hydrogens is 324 g/mol. The van der Waals surface area contributed by atoms with Crippen LogP contribution in [-0.2, 0) is 5.41 Å². The highest BCUT2D eigenvalue weighted by atomic mass is 16.7. The van der Waals surface area contributed by atoms with Gasteiger partial charge in [0.1, 0.15) is 0 Å². The molecule has 8 heteroatoms. The number of nitrogens with one attached hydrogen (secondary N) is 3. The first kappa shape index (κ1) is 15.7. The molecule has 1 aliphatic heterocycles. The molecule has 8 nitrogen and oxygen atoms in total. The van der Waals surface area contributed by atoms with Crippen molar-refractivity contribution in [2.24, 2.45) is 0 Å². The number of H-pyrrole nitrogens is 2. The fraction of sp³-hybridized carbons (Fsp3) is 0.471. The highest BCUT2D eigenvalue weighted by Crippen LogP contribution is 2.43. The van der Waals surface area contributed by atoms with Gasteiger partial charge in [-0.1, -0.05) is 25.3 Å². The van der Waals surface area contributed by atoms with E-state index in [0.717, 1.165) is 42.7 Å². The number of amides is 1. The highest BCUT2D eigenvalue weighted by molar-refractivity contribution is 5.90. The number of hydrogen-bond donors (Lipinski definition) is 3. The summed E-state index contributed by atoms with van der Waals surface area (Å²) in [6, 6.07) is 6.01. The Morgan fingerprint density at radius 1 is 1.20 bits per heavy atom. The van der Waals surface area contributed by atoms with Crippen LogP contribution in [0.5, 0.6) is 11.5 Å². The molecule has 0 unspecified atom stereocenters. The van der Waals surface area contributed by atoms with Crippen LogP contribution in [0.1, 0.15) is 48.3 Å².